The summed E-state index contributed by atoms with van der Waals surface area (Å²) in [7, 11) is 0. The second-order valence-electron chi connectivity index (χ2n) is 4.33. The topological polar surface area (TPSA) is 58.3 Å². The van der Waals surface area contributed by atoms with Crippen molar-refractivity contribution in [2.45, 2.75) is 0 Å². The van der Waals surface area contributed by atoms with Crippen molar-refractivity contribution in [3.05, 3.63) is 59.8 Å². The van der Waals surface area contributed by atoms with Crippen molar-refractivity contribution in [3.63, 3.8) is 0 Å². The van der Waals surface area contributed by atoms with Crippen molar-refractivity contribution >= 4 is 11.6 Å². The molecule has 4 nitrogen and oxygen atoms in total. The van der Waals surface area contributed by atoms with Crippen molar-refractivity contribution in [1.82, 2.24) is 9.78 Å². The molecule has 0 amide bonds. The molecule has 20 heavy (non-hydrogen) atoms. The largest absolute Gasteiger partial charge is 0.508 e. The summed E-state index contributed by atoms with van der Waals surface area (Å²) in [6, 6.07) is 15.1. The first kappa shape index (κ1) is 12.6. The summed E-state index contributed by atoms with van der Waals surface area (Å²) >= 11 is 6.19. The number of halogens is 1. The van der Waals surface area contributed by atoms with E-state index in [0.717, 1.165) is 11.3 Å². The average molecular weight is 287 g/mol. The molecule has 0 radical (unpaired) electrons. The van der Waals surface area contributed by atoms with E-state index < -0.39 is 0 Å². The molecule has 1 heterocycles. The summed E-state index contributed by atoms with van der Waals surface area (Å²) in [5.74, 6) is 0.397. The minimum atomic E-state index is 0.191. The molecule has 0 aliphatic rings. The predicted octanol–water partition coefficient (Wildman–Crippen LogP) is 3.60. The second-order valence-corrected chi connectivity index (χ2v) is 4.71. The number of phenols is 2. The second kappa shape index (κ2) is 4.90. The van der Waals surface area contributed by atoms with E-state index in [4.69, 9.17) is 11.6 Å². The van der Waals surface area contributed by atoms with Gasteiger partial charge in [-0.3, -0.25) is 0 Å². The Bertz CT molecular complexity index is 734. The van der Waals surface area contributed by atoms with Crippen molar-refractivity contribution in [2.75, 3.05) is 0 Å². The zero-order chi connectivity index (χ0) is 14.1. The molecule has 3 rings (SSSR count). The van der Waals surface area contributed by atoms with Crippen LogP contribution in [0.15, 0.2) is 54.6 Å². The molecule has 0 saturated carbocycles. The maximum absolute atomic E-state index is 9.30. The highest BCUT2D eigenvalue weighted by atomic mass is 35.5. The molecule has 0 unspecified atom stereocenters. The van der Waals surface area contributed by atoms with Gasteiger partial charge in [-0.2, -0.15) is 5.10 Å². The van der Waals surface area contributed by atoms with Crippen LogP contribution in [0.1, 0.15) is 0 Å². The average Bonchev–Trinajstić information content (AvgIpc) is 2.82. The molecule has 3 aromatic rings. The Morgan fingerprint density at radius 3 is 2.00 bits per heavy atom. The Morgan fingerprint density at radius 2 is 1.40 bits per heavy atom. The molecule has 0 aliphatic carbocycles. The molecule has 2 aromatic carbocycles. The summed E-state index contributed by atoms with van der Waals surface area (Å²) < 4.78 is 1.59. The van der Waals surface area contributed by atoms with Crippen LogP contribution in [0.2, 0.25) is 5.15 Å². The molecule has 0 saturated heterocycles. The van der Waals surface area contributed by atoms with Gasteiger partial charge >= 0.3 is 0 Å². The van der Waals surface area contributed by atoms with Crippen LogP contribution < -0.4 is 0 Å². The van der Waals surface area contributed by atoms with Gasteiger partial charge in [0.05, 0.1) is 11.4 Å². The Balaban J connectivity index is 2.02. The van der Waals surface area contributed by atoms with Crippen LogP contribution >= 0.6 is 11.6 Å². The van der Waals surface area contributed by atoms with Crippen LogP contribution in [-0.4, -0.2) is 20.0 Å². The number of hydrogen-bond acceptors (Lipinski definition) is 3. The van der Waals surface area contributed by atoms with Gasteiger partial charge in [-0.1, -0.05) is 11.6 Å². The van der Waals surface area contributed by atoms with Gasteiger partial charge < -0.3 is 10.2 Å². The van der Waals surface area contributed by atoms with Crippen molar-refractivity contribution in [2.24, 2.45) is 0 Å². The zero-order valence-electron chi connectivity index (χ0n) is 10.4. The lowest BCUT2D eigenvalue weighted by Crippen LogP contribution is -1.96. The van der Waals surface area contributed by atoms with Gasteiger partial charge in [-0.05, 0) is 48.5 Å². The minimum absolute atomic E-state index is 0.191. The predicted molar refractivity (Wildman–Crippen MR) is 77.3 cm³/mol. The van der Waals surface area contributed by atoms with Crippen LogP contribution in [0.3, 0.4) is 0 Å². The Labute approximate surface area is 120 Å². The van der Waals surface area contributed by atoms with Crippen molar-refractivity contribution < 1.29 is 10.2 Å². The Hall–Kier alpha value is -2.46. The third-order valence-corrected chi connectivity index (χ3v) is 3.19. The maximum atomic E-state index is 9.30. The smallest absolute Gasteiger partial charge is 0.133 e. The molecule has 5 heteroatoms. The fraction of sp³-hybridized carbons (Fsp3) is 0. The summed E-state index contributed by atoms with van der Waals surface area (Å²) in [6.45, 7) is 0. The van der Waals surface area contributed by atoms with Crippen LogP contribution in [0.4, 0.5) is 0 Å². The number of hydrogen-bond donors (Lipinski definition) is 2. The van der Waals surface area contributed by atoms with E-state index in [0.29, 0.717) is 10.8 Å². The first-order valence-corrected chi connectivity index (χ1v) is 6.36. The lowest BCUT2D eigenvalue weighted by molar-refractivity contribution is 0.475. The van der Waals surface area contributed by atoms with E-state index in [2.05, 4.69) is 5.10 Å². The fourth-order valence-electron chi connectivity index (χ4n) is 1.91. The first-order valence-electron chi connectivity index (χ1n) is 5.98. The monoisotopic (exact) mass is 286 g/mol. The van der Waals surface area contributed by atoms with Gasteiger partial charge in [0.25, 0.3) is 0 Å². The SMILES string of the molecule is Oc1ccc(-c2cc(Cl)n(-c3ccc(O)cc3)n2)cc1. The molecule has 0 atom stereocenters. The van der Waals surface area contributed by atoms with Gasteiger partial charge in [0, 0.05) is 11.6 Å². The van der Waals surface area contributed by atoms with Gasteiger partial charge in [-0.15, -0.1) is 0 Å². The molecule has 0 spiro atoms. The lowest BCUT2D eigenvalue weighted by Gasteiger charge is -2.02. The molecule has 2 N–H and O–H groups in total. The molecular weight excluding hydrogens is 276 g/mol. The summed E-state index contributed by atoms with van der Waals surface area (Å²) in [6.07, 6.45) is 0. The molecule has 0 bridgehead atoms. The summed E-state index contributed by atoms with van der Waals surface area (Å²) in [5.41, 5.74) is 2.34. The van der Waals surface area contributed by atoms with Gasteiger partial charge in [0.15, 0.2) is 0 Å². The third kappa shape index (κ3) is 2.33. The van der Waals surface area contributed by atoms with E-state index in [1.165, 1.54) is 0 Å². The quantitative estimate of drug-likeness (QED) is 0.757. The lowest BCUT2D eigenvalue weighted by atomic mass is 10.1. The number of aromatic hydroxyl groups is 2. The van der Waals surface area contributed by atoms with E-state index in [9.17, 15) is 10.2 Å². The molecular formula is C15H11ClN2O2. The molecule has 100 valence electrons. The number of aromatic nitrogens is 2. The molecule has 1 aromatic heterocycles. The van der Waals surface area contributed by atoms with Crippen LogP contribution in [-0.2, 0) is 0 Å². The third-order valence-electron chi connectivity index (χ3n) is 2.92. The number of rotatable bonds is 2. The van der Waals surface area contributed by atoms with Gasteiger partial charge in [-0.25, -0.2) is 4.68 Å². The highest BCUT2D eigenvalue weighted by molar-refractivity contribution is 6.30. The minimum Gasteiger partial charge on any atom is -0.508 e. The summed E-state index contributed by atoms with van der Waals surface area (Å²) in [4.78, 5) is 0. The van der Waals surface area contributed by atoms with Crippen LogP contribution in [0.5, 0.6) is 11.5 Å². The Morgan fingerprint density at radius 1 is 0.850 bits per heavy atom. The van der Waals surface area contributed by atoms with E-state index in [1.807, 2.05) is 0 Å². The zero-order valence-corrected chi connectivity index (χ0v) is 11.1. The van der Waals surface area contributed by atoms with Crippen molar-refractivity contribution in [3.8, 4) is 28.4 Å². The van der Waals surface area contributed by atoms with E-state index in [1.54, 1.807) is 59.3 Å². The normalized spacial score (nSPS) is 10.7. The van der Waals surface area contributed by atoms with E-state index in [-0.39, 0.29) is 11.5 Å². The number of benzene rings is 2. The number of nitrogens with zero attached hydrogens (tertiary/aromatic N) is 2. The first-order chi connectivity index (χ1) is 9.63. The highest BCUT2D eigenvalue weighted by Gasteiger charge is 2.09. The van der Waals surface area contributed by atoms with Gasteiger partial charge in [0.1, 0.15) is 16.7 Å². The maximum Gasteiger partial charge on any atom is 0.133 e. The van der Waals surface area contributed by atoms with Crippen LogP contribution in [0.25, 0.3) is 16.9 Å². The standard InChI is InChI=1S/C15H11ClN2O2/c16-15-9-14(10-1-5-12(19)6-2-10)17-18(15)11-3-7-13(20)8-4-11/h1-9,19-20H. The highest BCUT2D eigenvalue weighted by Crippen LogP contribution is 2.26. The molecule has 0 aliphatic heterocycles. The number of phenolic OH excluding ortho intramolecular Hbond substituents is 2. The van der Waals surface area contributed by atoms with Crippen LogP contribution in [0, 0.1) is 0 Å². The fourth-order valence-corrected chi connectivity index (χ4v) is 2.15. The summed E-state index contributed by atoms with van der Waals surface area (Å²) in [5, 5.41) is 23.5. The van der Waals surface area contributed by atoms with Gasteiger partial charge in [0.2, 0.25) is 0 Å². The van der Waals surface area contributed by atoms with E-state index >= 15 is 0 Å². The van der Waals surface area contributed by atoms with Crippen molar-refractivity contribution in [1.29, 1.82) is 0 Å². The molecule has 0 fully saturated rings. The Kier molecular flexibility index (Phi) is 3.08.